The molecule has 0 saturated carbocycles. The fourth-order valence-corrected chi connectivity index (χ4v) is 3.75. The number of carboxylic acids is 2. The zero-order valence-corrected chi connectivity index (χ0v) is 18.1. The minimum absolute atomic E-state index is 0.203. The molecule has 9 heteroatoms. The van der Waals surface area contributed by atoms with E-state index in [1.165, 1.54) is 0 Å². The van der Waals surface area contributed by atoms with Gasteiger partial charge in [0, 0.05) is 24.7 Å². The van der Waals surface area contributed by atoms with Crippen molar-refractivity contribution in [1.29, 1.82) is 0 Å². The molecule has 1 unspecified atom stereocenters. The van der Waals surface area contributed by atoms with Crippen molar-refractivity contribution in [3.8, 4) is 0 Å². The van der Waals surface area contributed by atoms with Gasteiger partial charge in [0.1, 0.15) is 0 Å². The van der Waals surface area contributed by atoms with Crippen molar-refractivity contribution in [3.05, 3.63) is 40.9 Å². The maximum atomic E-state index is 12.5. The number of nitrogens with zero attached hydrogens (tertiary/aromatic N) is 2. The first kappa shape index (κ1) is 24.8. The van der Waals surface area contributed by atoms with E-state index in [0.29, 0.717) is 19.0 Å². The molecular weight excluding hydrogens is 424 g/mol. The molecule has 2 fully saturated rings. The van der Waals surface area contributed by atoms with Crippen LogP contribution in [0.15, 0.2) is 30.3 Å². The maximum Gasteiger partial charge on any atom is 0.414 e. The molecule has 1 atom stereocenters. The van der Waals surface area contributed by atoms with Gasteiger partial charge in [-0.05, 0) is 55.8 Å². The molecule has 1 aromatic rings. The molecule has 170 valence electrons. The summed E-state index contributed by atoms with van der Waals surface area (Å²) in [7, 11) is 0. The quantitative estimate of drug-likeness (QED) is 0.599. The highest BCUT2D eigenvalue weighted by Crippen LogP contribution is 2.21. The van der Waals surface area contributed by atoms with Crippen LogP contribution in [0.4, 0.5) is 0 Å². The van der Waals surface area contributed by atoms with Gasteiger partial charge in [0.25, 0.3) is 0 Å². The summed E-state index contributed by atoms with van der Waals surface area (Å²) in [5.41, 5.74) is 1.16. The number of β-amino-alcohol motifs (C(OH)–C–C–N with tert-alkyl or cyclic N) is 1. The summed E-state index contributed by atoms with van der Waals surface area (Å²) in [5.74, 6) is -2.92. The zero-order valence-electron chi connectivity index (χ0n) is 17.3. The van der Waals surface area contributed by atoms with Gasteiger partial charge in [-0.3, -0.25) is 9.69 Å². The number of halogens is 1. The number of likely N-dealkylation sites (tertiary alicyclic amines) is 2. The normalized spacial score (nSPS) is 20.2. The highest BCUT2D eigenvalue weighted by Gasteiger charge is 2.25. The number of carbonyl (C=O) groups is 3. The third kappa shape index (κ3) is 9.08. The molecule has 1 aromatic carbocycles. The van der Waals surface area contributed by atoms with Crippen LogP contribution in [0.25, 0.3) is 6.08 Å². The maximum absolute atomic E-state index is 12.5. The van der Waals surface area contributed by atoms with Crippen LogP contribution >= 0.6 is 11.6 Å². The number of amides is 1. The average Bonchev–Trinajstić information content (AvgIpc) is 2.74. The number of aliphatic carboxylic acids is 2. The van der Waals surface area contributed by atoms with Gasteiger partial charge in [-0.15, -0.1) is 0 Å². The van der Waals surface area contributed by atoms with Gasteiger partial charge >= 0.3 is 11.9 Å². The third-order valence-electron chi connectivity index (χ3n) is 5.35. The van der Waals surface area contributed by atoms with Gasteiger partial charge in [-0.25, -0.2) is 9.59 Å². The number of benzene rings is 1. The fraction of sp³-hybridized carbons (Fsp3) is 0.500. The van der Waals surface area contributed by atoms with E-state index in [-0.39, 0.29) is 12.0 Å². The smallest absolute Gasteiger partial charge is 0.414 e. The Balaban J connectivity index is 0.000000501. The van der Waals surface area contributed by atoms with Gasteiger partial charge in [-0.1, -0.05) is 35.9 Å². The van der Waals surface area contributed by atoms with E-state index < -0.39 is 11.9 Å². The SMILES string of the molecule is O=C(CN1CCCC(O)C1)N1CCC(/C=C/c2ccc(Cl)cc2)CC1.O=C(O)C(=O)O. The second-order valence-corrected chi connectivity index (χ2v) is 8.21. The third-order valence-corrected chi connectivity index (χ3v) is 5.60. The first-order valence-corrected chi connectivity index (χ1v) is 10.7. The minimum atomic E-state index is -1.82. The van der Waals surface area contributed by atoms with Crippen LogP contribution < -0.4 is 0 Å². The van der Waals surface area contributed by atoms with E-state index in [2.05, 4.69) is 17.1 Å². The van der Waals surface area contributed by atoms with E-state index in [4.69, 9.17) is 31.4 Å². The van der Waals surface area contributed by atoms with E-state index >= 15 is 0 Å². The summed E-state index contributed by atoms with van der Waals surface area (Å²) >= 11 is 5.91. The lowest BCUT2D eigenvalue weighted by Crippen LogP contribution is -2.47. The van der Waals surface area contributed by atoms with Gasteiger partial charge in [0.05, 0.1) is 12.6 Å². The summed E-state index contributed by atoms with van der Waals surface area (Å²) in [6.45, 7) is 3.65. The van der Waals surface area contributed by atoms with Crippen LogP contribution in [0.3, 0.4) is 0 Å². The molecule has 0 radical (unpaired) electrons. The minimum Gasteiger partial charge on any atom is -0.473 e. The largest absolute Gasteiger partial charge is 0.473 e. The van der Waals surface area contributed by atoms with Crippen LogP contribution in [0, 0.1) is 5.92 Å². The number of aliphatic hydroxyl groups is 1. The highest BCUT2D eigenvalue weighted by molar-refractivity contribution is 6.30. The Morgan fingerprint density at radius 3 is 2.16 bits per heavy atom. The van der Waals surface area contributed by atoms with E-state index in [0.717, 1.165) is 55.9 Å². The van der Waals surface area contributed by atoms with E-state index in [1.807, 2.05) is 29.2 Å². The summed E-state index contributed by atoms with van der Waals surface area (Å²) in [4.78, 5) is 34.7. The molecule has 0 aromatic heterocycles. The van der Waals surface area contributed by atoms with Crippen LogP contribution in [-0.2, 0) is 14.4 Å². The van der Waals surface area contributed by atoms with Crippen LogP contribution in [0.5, 0.6) is 0 Å². The molecule has 2 aliphatic heterocycles. The van der Waals surface area contributed by atoms with Crippen LogP contribution in [-0.4, -0.2) is 81.8 Å². The van der Waals surface area contributed by atoms with Crippen molar-refractivity contribution in [1.82, 2.24) is 9.80 Å². The number of piperidine rings is 2. The zero-order chi connectivity index (χ0) is 22.8. The predicted octanol–water partition coefficient (Wildman–Crippen LogP) is 2.20. The fourth-order valence-electron chi connectivity index (χ4n) is 3.63. The first-order chi connectivity index (χ1) is 14.7. The number of rotatable bonds is 4. The van der Waals surface area contributed by atoms with Crippen molar-refractivity contribution in [2.24, 2.45) is 5.92 Å². The molecule has 2 saturated heterocycles. The van der Waals surface area contributed by atoms with E-state index in [1.54, 1.807) is 0 Å². The Bertz CT molecular complexity index is 763. The standard InChI is InChI=1S/C20H27ClN2O2.C2H2O4/c21-18-7-5-16(6-8-18)3-4-17-9-12-23(13-10-17)20(25)15-22-11-1-2-19(24)14-22;3-1(4)2(5)6/h3-8,17,19,24H,1-2,9-15H2;(H,3,4)(H,5,6)/b4-3+;. The monoisotopic (exact) mass is 452 g/mol. The molecule has 31 heavy (non-hydrogen) atoms. The van der Waals surface area contributed by atoms with Crippen LogP contribution in [0.2, 0.25) is 5.02 Å². The summed E-state index contributed by atoms with van der Waals surface area (Å²) in [5, 5.41) is 25.3. The molecule has 8 nitrogen and oxygen atoms in total. The lowest BCUT2D eigenvalue weighted by Gasteiger charge is -2.34. The predicted molar refractivity (Wildman–Crippen MR) is 117 cm³/mol. The number of hydrogen-bond donors (Lipinski definition) is 3. The van der Waals surface area contributed by atoms with Gasteiger partial charge in [0.15, 0.2) is 0 Å². The summed E-state index contributed by atoms with van der Waals surface area (Å²) < 4.78 is 0. The number of aliphatic hydroxyl groups excluding tert-OH is 1. The van der Waals surface area contributed by atoms with Crippen molar-refractivity contribution in [2.75, 3.05) is 32.7 Å². The number of hydrogen-bond acceptors (Lipinski definition) is 5. The molecule has 2 heterocycles. The topological polar surface area (TPSA) is 118 Å². The summed E-state index contributed by atoms with van der Waals surface area (Å²) in [6, 6.07) is 7.84. The lowest BCUT2D eigenvalue weighted by atomic mass is 9.95. The van der Waals surface area contributed by atoms with Crippen LogP contribution in [0.1, 0.15) is 31.2 Å². The van der Waals surface area contributed by atoms with Crippen molar-refractivity contribution in [3.63, 3.8) is 0 Å². The molecule has 0 bridgehead atoms. The Morgan fingerprint density at radius 1 is 1.00 bits per heavy atom. The highest BCUT2D eigenvalue weighted by atomic mass is 35.5. The molecule has 1 amide bonds. The Morgan fingerprint density at radius 2 is 1.61 bits per heavy atom. The van der Waals surface area contributed by atoms with Gasteiger partial charge in [-0.2, -0.15) is 0 Å². The van der Waals surface area contributed by atoms with Crippen molar-refractivity contribution < 1.29 is 29.7 Å². The molecule has 3 N–H and O–H groups in total. The second kappa shape index (κ2) is 12.4. The molecule has 2 aliphatic rings. The molecule has 0 aliphatic carbocycles. The lowest BCUT2D eigenvalue weighted by molar-refractivity contribution is -0.159. The second-order valence-electron chi connectivity index (χ2n) is 7.77. The average molecular weight is 453 g/mol. The Hall–Kier alpha value is -2.42. The molecule has 0 spiro atoms. The number of allylic oxidation sites excluding steroid dienone is 1. The number of carboxylic acid groups (broad SMARTS) is 2. The Kier molecular flexibility index (Phi) is 9.97. The first-order valence-electron chi connectivity index (χ1n) is 10.3. The van der Waals surface area contributed by atoms with E-state index in [9.17, 15) is 9.90 Å². The van der Waals surface area contributed by atoms with Gasteiger partial charge in [0.2, 0.25) is 5.91 Å². The summed E-state index contributed by atoms with van der Waals surface area (Å²) in [6.07, 6.45) is 7.99. The molecular formula is C22H29ClN2O6. The molecule has 3 rings (SSSR count). The van der Waals surface area contributed by atoms with Crippen molar-refractivity contribution >= 4 is 35.5 Å². The number of carbonyl (C=O) groups excluding carboxylic acids is 1. The Labute approximate surface area is 186 Å². The van der Waals surface area contributed by atoms with Crippen molar-refractivity contribution in [2.45, 2.75) is 31.8 Å². The van der Waals surface area contributed by atoms with Gasteiger partial charge < -0.3 is 20.2 Å².